The molecule has 0 saturated carbocycles. The van der Waals surface area contributed by atoms with Gasteiger partial charge in [-0.05, 0) is 32.0 Å². The summed E-state index contributed by atoms with van der Waals surface area (Å²) in [7, 11) is -7.71. The van der Waals surface area contributed by atoms with E-state index in [1.165, 1.54) is 28.7 Å². The number of pyridine rings is 1. The van der Waals surface area contributed by atoms with Crippen molar-refractivity contribution >= 4 is 42.5 Å². The summed E-state index contributed by atoms with van der Waals surface area (Å²) in [5, 5.41) is 3.72. The third-order valence-corrected chi connectivity index (χ3v) is 7.07. The van der Waals surface area contributed by atoms with Gasteiger partial charge in [0.05, 0.1) is 22.4 Å². The Bertz CT molecular complexity index is 1070. The summed E-state index contributed by atoms with van der Waals surface area (Å²) in [4.78, 5) is 3.91. The molecule has 0 amide bonds. The van der Waals surface area contributed by atoms with E-state index in [0.29, 0.717) is 19.5 Å². The van der Waals surface area contributed by atoms with Crippen molar-refractivity contribution < 1.29 is 21.0 Å². The van der Waals surface area contributed by atoms with Crippen molar-refractivity contribution in [2.24, 2.45) is 0 Å². The summed E-state index contributed by atoms with van der Waals surface area (Å²) in [6.07, 6.45) is 2.77. The Kier molecular flexibility index (Phi) is 5.64. The molecule has 1 aromatic heterocycles. The van der Waals surface area contributed by atoms with Gasteiger partial charge >= 0.3 is 10.1 Å². The molecule has 1 atom stereocenters. The van der Waals surface area contributed by atoms with Gasteiger partial charge < -0.3 is 9.50 Å². The molecule has 2 heterocycles. The number of rotatable bonds is 4. The molecule has 1 aliphatic heterocycles. The Balaban J connectivity index is 2.21. The highest BCUT2D eigenvalue weighted by molar-refractivity contribution is 7.89. The third-order valence-electron chi connectivity index (χ3n) is 4.27. The molecule has 3 rings (SSSR count). The first kappa shape index (κ1) is 20.3. The van der Waals surface area contributed by atoms with E-state index in [1.807, 2.05) is 6.92 Å². The summed E-state index contributed by atoms with van der Waals surface area (Å²) >= 11 is 6.26. The maximum atomic E-state index is 13.4. The molecule has 1 fully saturated rings. The zero-order valence-corrected chi connectivity index (χ0v) is 17.2. The second kappa shape index (κ2) is 7.51. The average Bonchev–Trinajstić information content (AvgIpc) is 2.81. The van der Waals surface area contributed by atoms with E-state index in [2.05, 4.69) is 10.3 Å². The van der Waals surface area contributed by atoms with Crippen molar-refractivity contribution in [3.8, 4) is 5.88 Å². The van der Waals surface area contributed by atoms with Crippen molar-refractivity contribution in [1.82, 2.24) is 14.6 Å². The van der Waals surface area contributed by atoms with Crippen molar-refractivity contribution in [2.75, 3.05) is 25.9 Å². The van der Waals surface area contributed by atoms with Crippen LogP contribution >= 0.6 is 11.6 Å². The molecule has 0 bridgehead atoms. The van der Waals surface area contributed by atoms with Crippen LogP contribution in [0.15, 0.2) is 29.3 Å². The number of nitrogens with one attached hydrogen (secondary N) is 1. The quantitative estimate of drug-likeness (QED) is 0.730. The van der Waals surface area contributed by atoms with Gasteiger partial charge in [-0.2, -0.15) is 12.7 Å². The smallest absolute Gasteiger partial charge is 0.307 e. The van der Waals surface area contributed by atoms with Crippen LogP contribution in [0, 0.1) is 0 Å². The summed E-state index contributed by atoms with van der Waals surface area (Å²) in [6.45, 7) is 3.50. The van der Waals surface area contributed by atoms with Crippen LogP contribution in [-0.2, 0) is 20.1 Å². The largest absolute Gasteiger partial charge is 0.361 e. The van der Waals surface area contributed by atoms with Crippen LogP contribution in [0.1, 0.15) is 13.3 Å². The number of hydrogen-bond donors (Lipinski definition) is 1. The molecule has 0 spiro atoms. The number of halogens is 1. The predicted octanol–water partition coefficient (Wildman–Crippen LogP) is 1.60. The minimum absolute atomic E-state index is 0.000462. The zero-order chi connectivity index (χ0) is 19.8. The highest BCUT2D eigenvalue weighted by atomic mass is 35.5. The number of benzene rings is 1. The lowest BCUT2D eigenvalue weighted by Gasteiger charge is -2.26. The average molecular weight is 434 g/mol. The van der Waals surface area contributed by atoms with Gasteiger partial charge in [0.1, 0.15) is 0 Å². The molecule has 0 radical (unpaired) electrons. The topological polar surface area (TPSA) is 106 Å². The fourth-order valence-corrected chi connectivity index (χ4v) is 5.73. The Morgan fingerprint density at radius 2 is 2.04 bits per heavy atom. The molecular weight excluding hydrogens is 414 g/mol. The zero-order valence-electron chi connectivity index (χ0n) is 14.8. The van der Waals surface area contributed by atoms with Crippen LogP contribution in [-0.4, -0.2) is 58.1 Å². The number of aromatic nitrogens is 1. The van der Waals surface area contributed by atoms with Crippen LogP contribution in [0.5, 0.6) is 5.88 Å². The van der Waals surface area contributed by atoms with Crippen molar-refractivity contribution in [1.29, 1.82) is 0 Å². The molecule has 11 heteroatoms. The van der Waals surface area contributed by atoms with Crippen molar-refractivity contribution in [3.63, 3.8) is 0 Å². The van der Waals surface area contributed by atoms with Crippen LogP contribution in [0.2, 0.25) is 5.02 Å². The Morgan fingerprint density at radius 1 is 1.30 bits per heavy atom. The van der Waals surface area contributed by atoms with Gasteiger partial charge in [-0.3, -0.25) is 0 Å². The summed E-state index contributed by atoms with van der Waals surface area (Å²) in [5.41, 5.74) is 0. The Morgan fingerprint density at radius 3 is 2.74 bits per heavy atom. The second-order valence-electron chi connectivity index (χ2n) is 6.40. The molecule has 1 aromatic carbocycles. The van der Waals surface area contributed by atoms with Crippen LogP contribution in [0.25, 0.3) is 10.8 Å². The second-order valence-corrected chi connectivity index (χ2v) is 10.2. The highest BCUT2D eigenvalue weighted by Gasteiger charge is 2.32. The molecule has 2 aromatic rings. The monoisotopic (exact) mass is 433 g/mol. The number of fused-ring (bicyclic) bond motifs is 1. The van der Waals surface area contributed by atoms with E-state index >= 15 is 0 Å². The van der Waals surface area contributed by atoms with Gasteiger partial charge in [0.2, 0.25) is 15.9 Å². The first-order chi connectivity index (χ1) is 12.6. The van der Waals surface area contributed by atoms with Gasteiger partial charge in [-0.15, -0.1) is 0 Å². The van der Waals surface area contributed by atoms with E-state index < -0.39 is 20.1 Å². The summed E-state index contributed by atoms with van der Waals surface area (Å²) < 4.78 is 56.1. The fourth-order valence-electron chi connectivity index (χ4n) is 3.11. The lowest BCUT2D eigenvalue weighted by Crippen LogP contribution is -2.41. The number of hydrogen-bond acceptors (Lipinski definition) is 7. The molecule has 0 aliphatic carbocycles. The standard InChI is InChI=1S/C16H20ClN3O5S2/c1-11-9-18-7-4-8-20(11)27(23,24)14-6-3-5-12-15(14)13(17)10-19-16(12)25-26(2,21)22/h3,5-6,10-11,18H,4,7-9H2,1-2H3/t11-/m1/s1. The highest BCUT2D eigenvalue weighted by Crippen LogP contribution is 2.36. The summed E-state index contributed by atoms with van der Waals surface area (Å²) in [6, 6.07) is 4.27. The van der Waals surface area contributed by atoms with Gasteiger partial charge in [0.15, 0.2) is 0 Å². The number of nitrogens with zero attached hydrogens (tertiary/aromatic N) is 2. The minimum atomic E-state index is -3.87. The maximum absolute atomic E-state index is 13.4. The van der Waals surface area contributed by atoms with E-state index in [9.17, 15) is 16.8 Å². The minimum Gasteiger partial charge on any atom is -0.361 e. The van der Waals surface area contributed by atoms with Crippen molar-refractivity contribution in [3.05, 3.63) is 29.4 Å². The molecule has 1 saturated heterocycles. The van der Waals surface area contributed by atoms with Gasteiger partial charge in [-0.1, -0.05) is 17.7 Å². The molecule has 27 heavy (non-hydrogen) atoms. The van der Waals surface area contributed by atoms with E-state index in [-0.39, 0.29) is 32.6 Å². The van der Waals surface area contributed by atoms with E-state index in [0.717, 1.165) is 12.8 Å². The third kappa shape index (κ3) is 4.19. The van der Waals surface area contributed by atoms with Gasteiger partial charge in [0.25, 0.3) is 0 Å². The SMILES string of the molecule is C[C@@H]1CNCCCN1S(=O)(=O)c1cccc2c(OS(C)(=O)=O)ncc(Cl)c12. The molecular formula is C16H20ClN3O5S2. The lowest BCUT2D eigenvalue weighted by atomic mass is 10.2. The first-order valence-corrected chi connectivity index (χ1v) is 11.9. The van der Waals surface area contributed by atoms with Crippen LogP contribution < -0.4 is 9.50 Å². The van der Waals surface area contributed by atoms with E-state index in [1.54, 1.807) is 0 Å². The van der Waals surface area contributed by atoms with Crippen LogP contribution in [0.4, 0.5) is 0 Å². The first-order valence-electron chi connectivity index (χ1n) is 8.30. The lowest BCUT2D eigenvalue weighted by molar-refractivity contribution is 0.354. The maximum Gasteiger partial charge on any atom is 0.307 e. The van der Waals surface area contributed by atoms with Gasteiger partial charge in [-0.25, -0.2) is 13.4 Å². The van der Waals surface area contributed by atoms with E-state index in [4.69, 9.17) is 15.8 Å². The molecule has 148 valence electrons. The van der Waals surface area contributed by atoms with Crippen LogP contribution in [0.3, 0.4) is 0 Å². The summed E-state index contributed by atoms with van der Waals surface area (Å²) in [5.74, 6) is -0.209. The predicted molar refractivity (Wildman–Crippen MR) is 103 cm³/mol. The molecule has 1 N–H and O–H groups in total. The molecule has 8 nitrogen and oxygen atoms in total. The fraction of sp³-hybridized carbons (Fsp3) is 0.438. The normalized spacial score (nSPS) is 19.7. The number of sulfonamides is 1. The molecule has 1 aliphatic rings. The van der Waals surface area contributed by atoms with Gasteiger partial charge in [0, 0.05) is 29.9 Å². The Hall–Kier alpha value is -1.46. The Labute approximate surface area is 163 Å². The van der Waals surface area contributed by atoms with Crippen molar-refractivity contribution in [2.45, 2.75) is 24.3 Å². The molecule has 0 unspecified atom stereocenters.